The second-order valence-corrected chi connectivity index (χ2v) is 5.00. The van der Waals surface area contributed by atoms with Crippen LogP contribution in [0.2, 0.25) is 0 Å². The summed E-state index contributed by atoms with van der Waals surface area (Å²) < 4.78 is 1.96. The molecule has 2 aromatic rings. The number of nitrogens with one attached hydrogen (secondary N) is 1. The van der Waals surface area contributed by atoms with Crippen molar-refractivity contribution < 1.29 is 9.90 Å². The molecule has 2 N–H and O–H groups in total. The molecule has 1 aromatic heterocycles. The van der Waals surface area contributed by atoms with Gasteiger partial charge in [-0.25, -0.2) is 0 Å². The van der Waals surface area contributed by atoms with E-state index in [0.717, 1.165) is 10.9 Å². The number of aliphatic hydroxyl groups is 1. The predicted octanol–water partition coefficient (Wildman–Crippen LogP) is 1.93. The zero-order valence-corrected chi connectivity index (χ0v) is 11.4. The highest BCUT2D eigenvalue weighted by Crippen LogP contribution is 2.20. The first-order chi connectivity index (χ1) is 9.13. The van der Waals surface area contributed by atoms with Crippen molar-refractivity contribution in [3.63, 3.8) is 0 Å². The lowest BCUT2D eigenvalue weighted by atomic mass is 10.1. The summed E-state index contributed by atoms with van der Waals surface area (Å²) in [5, 5.41) is 12.7. The van der Waals surface area contributed by atoms with Gasteiger partial charge in [-0.2, -0.15) is 0 Å². The summed E-state index contributed by atoms with van der Waals surface area (Å²) in [5.41, 5.74) is 1.75. The van der Waals surface area contributed by atoms with Crippen LogP contribution in [0.5, 0.6) is 0 Å². The largest absolute Gasteiger partial charge is 0.396 e. The van der Waals surface area contributed by atoms with E-state index in [1.165, 1.54) is 0 Å². The summed E-state index contributed by atoms with van der Waals surface area (Å²) in [4.78, 5) is 12.2. The first kappa shape index (κ1) is 13.6. The number of fused-ring (bicyclic) bond motifs is 1. The number of benzene rings is 1. The maximum atomic E-state index is 12.2. The van der Waals surface area contributed by atoms with Crippen molar-refractivity contribution in [3.05, 3.63) is 36.0 Å². The molecule has 1 unspecified atom stereocenters. The molecule has 1 amide bonds. The Kier molecular flexibility index (Phi) is 4.22. The molecule has 2 rings (SSSR count). The summed E-state index contributed by atoms with van der Waals surface area (Å²) in [7, 11) is 1.94. The summed E-state index contributed by atoms with van der Waals surface area (Å²) >= 11 is 0. The molecule has 19 heavy (non-hydrogen) atoms. The second kappa shape index (κ2) is 5.89. The molecule has 0 aliphatic heterocycles. The average molecular weight is 260 g/mol. The first-order valence-electron chi connectivity index (χ1n) is 6.56. The van der Waals surface area contributed by atoms with Gasteiger partial charge in [-0.15, -0.1) is 0 Å². The Hall–Kier alpha value is -1.81. The molecule has 0 aliphatic rings. The Labute approximate surface area is 113 Å². The maximum absolute atomic E-state index is 12.2. The number of hydrogen-bond acceptors (Lipinski definition) is 2. The molecule has 4 nitrogen and oxygen atoms in total. The average Bonchev–Trinajstić information content (AvgIpc) is 2.75. The van der Waals surface area contributed by atoms with E-state index >= 15 is 0 Å². The lowest BCUT2D eigenvalue weighted by molar-refractivity contribution is 0.0947. The molecular weight excluding hydrogens is 240 g/mol. The highest BCUT2D eigenvalue weighted by molar-refractivity contribution is 6.06. The van der Waals surface area contributed by atoms with Crippen LogP contribution in [-0.4, -0.2) is 28.7 Å². The lowest BCUT2D eigenvalue weighted by Gasteiger charge is -2.10. The van der Waals surface area contributed by atoms with Gasteiger partial charge >= 0.3 is 0 Å². The van der Waals surface area contributed by atoms with Crippen molar-refractivity contribution in [2.75, 3.05) is 13.2 Å². The molecule has 0 fully saturated rings. The molecule has 1 heterocycles. The molecule has 0 spiro atoms. The molecule has 1 atom stereocenters. The van der Waals surface area contributed by atoms with Crippen molar-refractivity contribution >= 4 is 16.8 Å². The zero-order chi connectivity index (χ0) is 13.8. The number of aliphatic hydroxyl groups excluding tert-OH is 1. The Morgan fingerprint density at radius 1 is 1.42 bits per heavy atom. The van der Waals surface area contributed by atoms with Gasteiger partial charge in [-0.1, -0.05) is 25.1 Å². The molecule has 0 radical (unpaired) electrons. The van der Waals surface area contributed by atoms with Crippen LogP contribution in [0.25, 0.3) is 10.9 Å². The third-order valence-corrected chi connectivity index (χ3v) is 3.37. The van der Waals surface area contributed by atoms with Gasteiger partial charge in [-0.3, -0.25) is 4.79 Å². The molecule has 102 valence electrons. The van der Waals surface area contributed by atoms with Crippen molar-refractivity contribution in [2.45, 2.75) is 13.3 Å². The van der Waals surface area contributed by atoms with Crippen LogP contribution in [-0.2, 0) is 7.05 Å². The van der Waals surface area contributed by atoms with Crippen LogP contribution in [0, 0.1) is 5.92 Å². The normalized spacial score (nSPS) is 12.6. The standard InChI is InChI=1S/C15H20N2O2/c1-11(7-8-18)9-16-15(19)13-10-17(2)14-6-4-3-5-12(13)14/h3-6,10-11,18H,7-9H2,1-2H3,(H,16,19). The van der Waals surface area contributed by atoms with Crippen molar-refractivity contribution in [1.29, 1.82) is 0 Å². The van der Waals surface area contributed by atoms with Crippen LogP contribution in [0.15, 0.2) is 30.5 Å². The minimum atomic E-state index is -0.0541. The number of aryl methyl sites for hydroxylation is 1. The minimum absolute atomic E-state index is 0.0541. The summed E-state index contributed by atoms with van der Waals surface area (Å²) in [6.45, 7) is 2.76. The number of rotatable bonds is 5. The topological polar surface area (TPSA) is 54.3 Å². The lowest BCUT2D eigenvalue weighted by Crippen LogP contribution is -2.28. The predicted molar refractivity (Wildman–Crippen MR) is 76.1 cm³/mol. The van der Waals surface area contributed by atoms with Gasteiger partial charge in [0.2, 0.25) is 0 Å². The van der Waals surface area contributed by atoms with E-state index in [0.29, 0.717) is 18.5 Å². The SMILES string of the molecule is CC(CCO)CNC(=O)c1cn(C)c2ccccc12. The monoisotopic (exact) mass is 260 g/mol. The fourth-order valence-corrected chi connectivity index (χ4v) is 2.21. The highest BCUT2D eigenvalue weighted by atomic mass is 16.3. The van der Waals surface area contributed by atoms with E-state index in [-0.39, 0.29) is 18.4 Å². The molecule has 0 bridgehead atoms. The Morgan fingerprint density at radius 2 is 2.16 bits per heavy atom. The number of carbonyl (C=O) groups excluding carboxylic acids is 1. The van der Waals surface area contributed by atoms with Gasteiger partial charge in [0.25, 0.3) is 5.91 Å². The highest BCUT2D eigenvalue weighted by Gasteiger charge is 2.13. The fourth-order valence-electron chi connectivity index (χ4n) is 2.21. The maximum Gasteiger partial charge on any atom is 0.253 e. The third kappa shape index (κ3) is 2.96. The van der Waals surface area contributed by atoms with Gasteiger partial charge in [0, 0.05) is 37.3 Å². The first-order valence-corrected chi connectivity index (χ1v) is 6.56. The van der Waals surface area contributed by atoms with Crippen LogP contribution >= 0.6 is 0 Å². The van der Waals surface area contributed by atoms with Gasteiger partial charge < -0.3 is 15.0 Å². The van der Waals surface area contributed by atoms with Crippen molar-refractivity contribution in [1.82, 2.24) is 9.88 Å². The van der Waals surface area contributed by atoms with E-state index in [9.17, 15) is 4.79 Å². The number of aromatic nitrogens is 1. The van der Waals surface area contributed by atoms with Crippen molar-refractivity contribution in [3.8, 4) is 0 Å². The molecule has 1 aromatic carbocycles. The third-order valence-electron chi connectivity index (χ3n) is 3.37. The van der Waals surface area contributed by atoms with E-state index in [1.54, 1.807) is 0 Å². The van der Waals surface area contributed by atoms with Crippen LogP contribution in [0.1, 0.15) is 23.7 Å². The molecule has 4 heteroatoms. The van der Waals surface area contributed by atoms with Crippen LogP contribution < -0.4 is 5.32 Å². The minimum Gasteiger partial charge on any atom is -0.396 e. The quantitative estimate of drug-likeness (QED) is 0.863. The van der Waals surface area contributed by atoms with E-state index in [4.69, 9.17) is 5.11 Å². The number of hydrogen-bond donors (Lipinski definition) is 2. The number of nitrogens with zero attached hydrogens (tertiary/aromatic N) is 1. The number of carbonyl (C=O) groups is 1. The van der Waals surface area contributed by atoms with Gasteiger partial charge in [-0.05, 0) is 18.4 Å². The van der Waals surface area contributed by atoms with E-state index < -0.39 is 0 Å². The van der Waals surface area contributed by atoms with Crippen LogP contribution in [0.3, 0.4) is 0 Å². The molecule has 0 saturated heterocycles. The van der Waals surface area contributed by atoms with Crippen molar-refractivity contribution in [2.24, 2.45) is 13.0 Å². The summed E-state index contributed by atoms with van der Waals surface area (Å²) in [5.74, 6) is 0.227. The van der Waals surface area contributed by atoms with E-state index in [2.05, 4.69) is 5.32 Å². The number of para-hydroxylation sites is 1. The van der Waals surface area contributed by atoms with Gasteiger partial charge in [0.1, 0.15) is 0 Å². The Morgan fingerprint density at radius 3 is 2.89 bits per heavy atom. The smallest absolute Gasteiger partial charge is 0.253 e. The molecule has 0 saturated carbocycles. The molecule has 0 aliphatic carbocycles. The number of amides is 1. The van der Waals surface area contributed by atoms with Gasteiger partial charge in [0.15, 0.2) is 0 Å². The second-order valence-electron chi connectivity index (χ2n) is 5.00. The summed E-state index contributed by atoms with van der Waals surface area (Å²) in [6, 6.07) is 7.86. The zero-order valence-electron chi connectivity index (χ0n) is 11.4. The van der Waals surface area contributed by atoms with Gasteiger partial charge in [0.05, 0.1) is 5.56 Å². The van der Waals surface area contributed by atoms with E-state index in [1.807, 2.05) is 49.0 Å². The van der Waals surface area contributed by atoms with Crippen LogP contribution in [0.4, 0.5) is 0 Å². The Bertz CT molecular complexity index is 575. The fraction of sp³-hybridized carbons (Fsp3) is 0.400. The summed E-state index contributed by atoms with van der Waals surface area (Å²) in [6.07, 6.45) is 2.56. The molecular formula is C15H20N2O2. The Balaban J connectivity index is 2.13.